The predicted molar refractivity (Wildman–Crippen MR) is 92.9 cm³/mol. The number of urea groups is 1. The molecule has 0 aliphatic rings. The monoisotopic (exact) mass is 372 g/mol. The highest BCUT2D eigenvalue weighted by Gasteiger charge is 2.11. The van der Waals surface area contributed by atoms with Gasteiger partial charge in [-0.3, -0.25) is 10.1 Å². The van der Waals surface area contributed by atoms with Crippen molar-refractivity contribution in [3.05, 3.63) is 39.9 Å². The molecule has 24 heavy (non-hydrogen) atoms. The molecule has 1 atom stereocenters. The van der Waals surface area contributed by atoms with Crippen molar-refractivity contribution in [2.45, 2.75) is 26.3 Å². The number of hydrogen-bond acceptors (Lipinski definition) is 4. The Morgan fingerprint density at radius 1 is 1.25 bits per heavy atom. The van der Waals surface area contributed by atoms with Crippen LogP contribution < -0.4 is 10.6 Å². The molecule has 0 heterocycles. The van der Waals surface area contributed by atoms with Gasteiger partial charge in [0.1, 0.15) is 0 Å². The summed E-state index contributed by atoms with van der Waals surface area (Å²) in [4.78, 5) is 34.5. The first kappa shape index (κ1) is 20.0. The molecular formula is C16H18Cl2N2O4. The fourth-order valence-electron chi connectivity index (χ4n) is 1.53. The molecule has 1 aromatic carbocycles. The summed E-state index contributed by atoms with van der Waals surface area (Å²) < 4.78 is 4.73. The van der Waals surface area contributed by atoms with Gasteiger partial charge in [0.15, 0.2) is 6.61 Å². The molecule has 0 spiro atoms. The average molecular weight is 373 g/mol. The van der Waals surface area contributed by atoms with Gasteiger partial charge in [-0.2, -0.15) is 0 Å². The number of amides is 3. The van der Waals surface area contributed by atoms with E-state index in [9.17, 15) is 14.4 Å². The molecule has 3 amide bonds. The third-order valence-electron chi connectivity index (χ3n) is 2.97. The molecule has 0 aliphatic heterocycles. The first-order chi connectivity index (χ1) is 11.3. The summed E-state index contributed by atoms with van der Waals surface area (Å²) in [6, 6.07) is 4.23. The minimum absolute atomic E-state index is 0.0661. The zero-order valence-corrected chi connectivity index (χ0v) is 14.8. The minimum Gasteiger partial charge on any atom is -0.452 e. The van der Waals surface area contributed by atoms with Crippen molar-refractivity contribution in [1.82, 2.24) is 10.6 Å². The maximum atomic E-state index is 11.6. The van der Waals surface area contributed by atoms with Crippen molar-refractivity contribution in [1.29, 1.82) is 0 Å². The van der Waals surface area contributed by atoms with Crippen molar-refractivity contribution in [2.75, 3.05) is 6.61 Å². The fraction of sp³-hybridized carbons (Fsp3) is 0.312. The van der Waals surface area contributed by atoms with Crippen molar-refractivity contribution < 1.29 is 19.1 Å². The smallest absolute Gasteiger partial charge is 0.331 e. The number of hydrogen-bond donors (Lipinski definition) is 2. The number of nitrogens with one attached hydrogen (secondary N) is 2. The molecule has 8 heteroatoms. The highest BCUT2D eigenvalue weighted by atomic mass is 35.5. The quantitative estimate of drug-likeness (QED) is 0.593. The number of rotatable bonds is 6. The normalized spacial score (nSPS) is 11.8. The van der Waals surface area contributed by atoms with Crippen molar-refractivity contribution in [2.24, 2.45) is 0 Å². The van der Waals surface area contributed by atoms with E-state index in [4.69, 9.17) is 27.9 Å². The minimum atomic E-state index is -0.761. The Kier molecular flexibility index (Phi) is 8.29. The largest absolute Gasteiger partial charge is 0.452 e. The number of carbonyl (C=O) groups excluding carboxylic acids is 3. The standard InChI is InChI=1S/C16H18Cl2N2O4/c1-3-10(2)19-16(23)20-14(21)9-24-15(22)8-7-11-12(17)5-4-6-13(11)18/h4-8,10H,3,9H2,1-2H3,(H2,19,20,21,23)/b8-7+/t10-/m0/s1. The van der Waals surface area contributed by atoms with Gasteiger partial charge in [0.05, 0.1) is 0 Å². The van der Waals surface area contributed by atoms with Gasteiger partial charge in [0.25, 0.3) is 5.91 Å². The summed E-state index contributed by atoms with van der Waals surface area (Å²) in [6.45, 7) is 3.12. The van der Waals surface area contributed by atoms with E-state index in [-0.39, 0.29) is 6.04 Å². The highest BCUT2D eigenvalue weighted by molar-refractivity contribution is 6.37. The van der Waals surface area contributed by atoms with E-state index in [1.54, 1.807) is 25.1 Å². The second-order valence-corrected chi connectivity index (χ2v) is 5.72. The van der Waals surface area contributed by atoms with Crippen LogP contribution >= 0.6 is 23.2 Å². The van der Waals surface area contributed by atoms with Crippen LogP contribution in [0.1, 0.15) is 25.8 Å². The topological polar surface area (TPSA) is 84.5 Å². The molecule has 0 saturated heterocycles. The summed E-state index contributed by atoms with van der Waals surface area (Å²) in [5.41, 5.74) is 0.468. The van der Waals surface area contributed by atoms with Crippen LogP contribution in [0.3, 0.4) is 0 Å². The molecule has 6 nitrogen and oxygen atoms in total. The van der Waals surface area contributed by atoms with Crippen LogP contribution in [-0.4, -0.2) is 30.6 Å². The van der Waals surface area contributed by atoms with Crippen LogP contribution in [0.25, 0.3) is 6.08 Å². The van der Waals surface area contributed by atoms with Gasteiger partial charge in [-0.1, -0.05) is 36.2 Å². The lowest BCUT2D eigenvalue weighted by Crippen LogP contribution is -2.44. The number of imide groups is 1. The Bertz CT molecular complexity index is 627. The van der Waals surface area contributed by atoms with Crippen molar-refractivity contribution in [3.8, 4) is 0 Å². The Labute approximate surface area is 150 Å². The number of benzene rings is 1. The van der Waals surface area contributed by atoms with E-state index in [0.717, 1.165) is 12.5 Å². The van der Waals surface area contributed by atoms with E-state index in [1.807, 2.05) is 6.92 Å². The molecular weight excluding hydrogens is 355 g/mol. The molecule has 0 radical (unpaired) electrons. The van der Waals surface area contributed by atoms with E-state index in [1.165, 1.54) is 6.08 Å². The second kappa shape index (κ2) is 9.95. The summed E-state index contributed by atoms with van der Waals surface area (Å²) in [5, 5.41) is 5.37. The number of halogens is 2. The maximum Gasteiger partial charge on any atom is 0.331 e. The number of esters is 1. The Hall–Kier alpha value is -2.05. The highest BCUT2D eigenvalue weighted by Crippen LogP contribution is 2.25. The molecule has 1 rings (SSSR count). The second-order valence-electron chi connectivity index (χ2n) is 4.91. The van der Waals surface area contributed by atoms with Crippen LogP contribution in [0, 0.1) is 0 Å². The molecule has 0 fully saturated rings. The molecule has 1 aromatic rings. The summed E-state index contributed by atoms with van der Waals surface area (Å²) >= 11 is 11.9. The SMILES string of the molecule is CC[C@H](C)NC(=O)NC(=O)COC(=O)/C=C/c1c(Cl)cccc1Cl. The lowest BCUT2D eigenvalue weighted by atomic mass is 10.2. The Morgan fingerprint density at radius 3 is 2.46 bits per heavy atom. The lowest BCUT2D eigenvalue weighted by Gasteiger charge is -2.11. The first-order valence-electron chi connectivity index (χ1n) is 7.22. The fourth-order valence-corrected chi connectivity index (χ4v) is 2.05. The van der Waals surface area contributed by atoms with Crippen molar-refractivity contribution in [3.63, 3.8) is 0 Å². The molecule has 0 aromatic heterocycles. The summed E-state index contributed by atoms with van der Waals surface area (Å²) in [7, 11) is 0. The van der Waals surface area contributed by atoms with Gasteiger partial charge in [0.2, 0.25) is 0 Å². The third-order valence-corrected chi connectivity index (χ3v) is 3.63. The van der Waals surface area contributed by atoms with Crippen molar-refractivity contribution >= 4 is 47.2 Å². The lowest BCUT2D eigenvalue weighted by molar-refractivity contribution is -0.143. The zero-order valence-electron chi connectivity index (χ0n) is 13.3. The number of carbonyl (C=O) groups is 3. The van der Waals surface area contributed by atoms with Gasteiger partial charge in [-0.15, -0.1) is 0 Å². The predicted octanol–water partition coefficient (Wildman–Crippen LogP) is 3.17. The van der Waals surface area contributed by atoms with Crippen LogP contribution in [0.2, 0.25) is 10.0 Å². The number of ether oxygens (including phenoxy) is 1. The van der Waals surface area contributed by atoms with E-state index in [2.05, 4.69) is 10.6 Å². The molecule has 0 saturated carbocycles. The van der Waals surface area contributed by atoms with Crippen LogP contribution in [0.5, 0.6) is 0 Å². The third kappa shape index (κ3) is 7.02. The van der Waals surface area contributed by atoms with Gasteiger partial charge in [-0.25, -0.2) is 9.59 Å². The molecule has 130 valence electrons. The molecule has 0 unspecified atom stereocenters. The maximum absolute atomic E-state index is 11.6. The van der Waals surface area contributed by atoms with E-state index >= 15 is 0 Å². The van der Waals surface area contributed by atoms with Gasteiger partial charge in [-0.05, 0) is 31.6 Å². The zero-order chi connectivity index (χ0) is 18.1. The van der Waals surface area contributed by atoms with E-state index < -0.39 is 24.5 Å². The van der Waals surface area contributed by atoms with Crippen LogP contribution in [0.15, 0.2) is 24.3 Å². The van der Waals surface area contributed by atoms with Crippen LogP contribution in [0.4, 0.5) is 4.79 Å². The summed E-state index contributed by atoms with van der Waals surface area (Å²) in [5.74, 6) is -1.49. The van der Waals surface area contributed by atoms with Gasteiger partial charge >= 0.3 is 12.0 Å². The van der Waals surface area contributed by atoms with E-state index in [0.29, 0.717) is 15.6 Å². The molecule has 0 bridgehead atoms. The summed E-state index contributed by atoms with van der Waals surface area (Å²) in [6.07, 6.45) is 3.21. The molecule has 0 aliphatic carbocycles. The Morgan fingerprint density at radius 2 is 1.88 bits per heavy atom. The first-order valence-corrected chi connectivity index (χ1v) is 7.98. The van der Waals surface area contributed by atoms with Crippen LogP contribution in [-0.2, 0) is 14.3 Å². The van der Waals surface area contributed by atoms with Gasteiger partial charge < -0.3 is 10.1 Å². The molecule has 2 N–H and O–H groups in total. The Balaban J connectivity index is 2.44. The van der Waals surface area contributed by atoms with Gasteiger partial charge in [0, 0.05) is 27.7 Å². The average Bonchev–Trinajstić information content (AvgIpc) is 2.52.